The van der Waals surface area contributed by atoms with E-state index in [4.69, 9.17) is 0 Å². The van der Waals surface area contributed by atoms with E-state index >= 15 is 0 Å². The molecule has 3 rings (SSSR count). The van der Waals surface area contributed by atoms with Crippen molar-refractivity contribution in [3.63, 3.8) is 0 Å². The number of hydrogen-bond donors (Lipinski definition) is 2. The number of aryl methyl sites for hydroxylation is 1. The second kappa shape index (κ2) is 9.95. The van der Waals surface area contributed by atoms with Gasteiger partial charge in [-0.2, -0.15) is 13.2 Å². The third-order valence-corrected chi connectivity index (χ3v) is 5.22. The van der Waals surface area contributed by atoms with Crippen LogP contribution in [0.3, 0.4) is 0 Å². The number of carbonyl (C=O) groups excluding carboxylic acids is 1. The molecule has 3 aromatic rings. The lowest BCUT2D eigenvalue weighted by Crippen LogP contribution is -2.38. The highest BCUT2D eigenvalue weighted by Gasteiger charge is 2.33. The zero-order chi connectivity index (χ0) is 25.9. The van der Waals surface area contributed by atoms with Crippen molar-refractivity contribution in [2.75, 3.05) is 16.8 Å². The molecule has 3 aromatic heterocycles. The highest BCUT2D eigenvalue weighted by atomic mass is 19.4. The Morgan fingerprint density at radius 1 is 1.26 bits per heavy atom. The standard InChI is InChI=1S/C23H23F3N6O3/c1-5-9-32(20-14(3)31(4)22(35)30-21(20)34)12-19(33)29-18-8-6-7-17(28-18)15-10-16(23(24,25)26)13(2)27-11-15/h5-11H,12H2,1-4H3,(H,28,29,33)(H,30,34,35)/b9-5-. The molecule has 0 bridgehead atoms. The molecule has 35 heavy (non-hydrogen) atoms. The fourth-order valence-corrected chi connectivity index (χ4v) is 3.40. The molecule has 3 heterocycles. The summed E-state index contributed by atoms with van der Waals surface area (Å²) in [6.45, 7) is 4.26. The number of H-pyrrole nitrogens is 1. The fraction of sp³-hybridized carbons (Fsp3) is 0.261. The van der Waals surface area contributed by atoms with Crippen LogP contribution in [0.15, 0.2) is 52.3 Å². The van der Waals surface area contributed by atoms with E-state index in [0.29, 0.717) is 5.69 Å². The number of nitrogens with one attached hydrogen (secondary N) is 2. The third-order valence-electron chi connectivity index (χ3n) is 5.22. The molecule has 0 saturated carbocycles. The number of carbonyl (C=O) groups is 1. The van der Waals surface area contributed by atoms with Gasteiger partial charge in [-0.15, -0.1) is 0 Å². The van der Waals surface area contributed by atoms with Crippen LogP contribution < -0.4 is 21.5 Å². The molecule has 0 fully saturated rings. The molecule has 9 nitrogen and oxygen atoms in total. The van der Waals surface area contributed by atoms with Crippen LogP contribution in [0.4, 0.5) is 24.7 Å². The van der Waals surface area contributed by atoms with E-state index in [9.17, 15) is 27.6 Å². The Bertz CT molecular complexity index is 1410. The van der Waals surface area contributed by atoms with E-state index in [1.54, 1.807) is 19.9 Å². The predicted molar refractivity (Wildman–Crippen MR) is 125 cm³/mol. The van der Waals surface area contributed by atoms with Gasteiger partial charge in [0.2, 0.25) is 5.91 Å². The second-order valence-corrected chi connectivity index (χ2v) is 7.67. The van der Waals surface area contributed by atoms with E-state index in [1.165, 1.54) is 54.0 Å². The first-order valence-electron chi connectivity index (χ1n) is 10.4. The van der Waals surface area contributed by atoms with Crippen molar-refractivity contribution in [3.05, 3.63) is 80.5 Å². The van der Waals surface area contributed by atoms with Gasteiger partial charge in [0.25, 0.3) is 5.56 Å². The van der Waals surface area contributed by atoms with Gasteiger partial charge in [0.05, 0.1) is 11.3 Å². The SMILES string of the molecule is C/C=C\N(CC(=O)Nc1cccc(-c2cnc(C)c(C(F)(F)F)c2)n1)c1c(C)n(C)c(=O)[nH]c1=O. The molecule has 1 amide bonds. The molecule has 0 spiro atoms. The highest BCUT2D eigenvalue weighted by molar-refractivity contribution is 5.93. The molecule has 0 unspecified atom stereocenters. The van der Waals surface area contributed by atoms with Crippen molar-refractivity contribution < 1.29 is 18.0 Å². The molecule has 2 N–H and O–H groups in total. The zero-order valence-corrected chi connectivity index (χ0v) is 19.4. The van der Waals surface area contributed by atoms with Crippen molar-refractivity contribution in [3.8, 4) is 11.3 Å². The molecular formula is C23H23F3N6O3. The summed E-state index contributed by atoms with van der Waals surface area (Å²) >= 11 is 0. The van der Waals surface area contributed by atoms with Gasteiger partial charge in [0.15, 0.2) is 0 Å². The number of pyridine rings is 2. The Hall–Kier alpha value is -4.22. The van der Waals surface area contributed by atoms with Crippen LogP contribution in [0.1, 0.15) is 23.9 Å². The van der Waals surface area contributed by atoms with Gasteiger partial charge >= 0.3 is 11.9 Å². The number of allylic oxidation sites excluding steroid dienone is 1. The molecule has 0 aliphatic rings. The van der Waals surface area contributed by atoms with E-state index in [2.05, 4.69) is 20.3 Å². The van der Waals surface area contributed by atoms with Crippen LogP contribution in [0.2, 0.25) is 0 Å². The lowest BCUT2D eigenvalue weighted by atomic mass is 10.1. The minimum absolute atomic E-state index is 0.105. The van der Waals surface area contributed by atoms with Gasteiger partial charge in [0, 0.05) is 36.4 Å². The minimum Gasteiger partial charge on any atom is -0.333 e. The van der Waals surface area contributed by atoms with Crippen LogP contribution in [-0.4, -0.2) is 32.0 Å². The maximum atomic E-state index is 13.3. The number of hydrogen-bond acceptors (Lipinski definition) is 6. The first-order valence-corrected chi connectivity index (χ1v) is 10.4. The molecule has 0 aliphatic carbocycles. The maximum absolute atomic E-state index is 13.3. The number of anilines is 2. The number of alkyl halides is 3. The van der Waals surface area contributed by atoms with E-state index in [0.717, 1.165) is 6.07 Å². The van der Waals surface area contributed by atoms with Gasteiger partial charge in [0.1, 0.15) is 18.1 Å². The summed E-state index contributed by atoms with van der Waals surface area (Å²) in [5.41, 5.74) is -1.45. The normalized spacial score (nSPS) is 11.6. The molecule has 0 aliphatic heterocycles. The lowest BCUT2D eigenvalue weighted by molar-refractivity contribution is -0.138. The fourth-order valence-electron chi connectivity index (χ4n) is 3.40. The molecular weight excluding hydrogens is 465 g/mol. The van der Waals surface area contributed by atoms with Gasteiger partial charge in [-0.05, 0) is 39.0 Å². The predicted octanol–water partition coefficient (Wildman–Crippen LogP) is 3.14. The smallest absolute Gasteiger partial charge is 0.333 e. The number of halogens is 3. The first kappa shape index (κ1) is 25.4. The Kier molecular flexibility index (Phi) is 7.22. The van der Waals surface area contributed by atoms with E-state index in [-0.39, 0.29) is 35.0 Å². The summed E-state index contributed by atoms with van der Waals surface area (Å²) in [7, 11) is 1.49. The Balaban J connectivity index is 1.86. The van der Waals surface area contributed by atoms with Crippen LogP contribution in [0.5, 0.6) is 0 Å². The summed E-state index contributed by atoms with van der Waals surface area (Å²) in [5.74, 6) is -0.438. The monoisotopic (exact) mass is 488 g/mol. The van der Waals surface area contributed by atoms with E-state index in [1.807, 2.05) is 0 Å². The van der Waals surface area contributed by atoms with Gasteiger partial charge in [-0.3, -0.25) is 24.1 Å². The van der Waals surface area contributed by atoms with E-state index < -0.39 is 28.9 Å². The lowest BCUT2D eigenvalue weighted by Gasteiger charge is -2.21. The quantitative estimate of drug-likeness (QED) is 0.551. The average molecular weight is 488 g/mol. The summed E-state index contributed by atoms with van der Waals surface area (Å²) in [6.07, 6.45) is -0.145. The van der Waals surface area contributed by atoms with Crippen LogP contribution in [0, 0.1) is 13.8 Å². The number of aromatic amines is 1. The third kappa shape index (κ3) is 5.65. The maximum Gasteiger partial charge on any atom is 0.418 e. The topological polar surface area (TPSA) is 113 Å². The summed E-state index contributed by atoms with van der Waals surface area (Å²) < 4.78 is 41.0. The Morgan fingerprint density at radius 2 is 1.97 bits per heavy atom. The number of amides is 1. The molecule has 0 aromatic carbocycles. The zero-order valence-electron chi connectivity index (χ0n) is 19.4. The highest BCUT2D eigenvalue weighted by Crippen LogP contribution is 2.33. The van der Waals surface area contributed by atoms with Crippen LogP contribution >= 0.6 is 0 Å². The van der Waals surface area contributed by atoms with Crippen LogP contribution in [0.25, 0.3) is 11.3 Å². The average Bonchev–Trinajstić information content (AvgIpc) is 2.77. The van der Waals surface area contributed by atoms with Gasteiger partial charge in [-0.1, -0.05) is 12.1 Å². The summed E-state index contributed by atoms with van der Waals surface area (Å²) in [4.78, 5) is 48.6. The van der Waals surface area contributed by atoms with Gasteiger partial charge < -0.3 is 10.2 Å². The van der Waals surface area contributed by atoms with Gasteiger partial charge in [-0.25, -0.2) is 9.78 Å². The van der Waals surface area contributed by atoms with Crippen molar-refractivity contribution >= 4 is 17.4 Å². The van der Waals surface area contributed by atoms with Crippen molar-refractivity contribution in [1.82, 2.24) is 19.5 Å². The minimum atomic E-state index is -4.56. The van der Waals surface area contributed by atoms with Crippen molar-refractivity contribution in [2.45, 2.75) is 26.9 Å². The molecule has 0 radical (unpaired) electrons. The Morgan fingerprint density at radius 3 is 2.63 bits per heavy atom. The Labute approximate surface area is 198 Å². The second-order valence-electron chi connectivity index (χ2n) is 7.67. The molecule has 12 heteroatoms. The largest absolute Gasteiger partial charge is 0.418 e. The summed E-state index contributed by atoms with van der Waals surface area (Å²) in [6, 6.07) is 5.48. The number of nitrogens with zero attached hydrogens (tertiary/aromatic N) is 4. The number of rotatable bonds is 6. The van der Waals surface area contributed by atoms with Crippen molar-refractivity contribution in [2.24, 2.45) is 7.05 Å². The molecule has 0 saturated heterocycles. The number of aromatic nitrogens is 4. The first-order chi connectivity index (χ1) is 16.4. The molecule has 0 atom stereocenters. The summed E-state index contributed by atoms with van der Waals surface area (Å²) in [5, 5.41) is 2.58. The van der Waals surface area contributed by atoms with Crippen molar-refractivity contribution in [1.29, 1.82) is 0 Å². The van der Waals surface area contributed by atoms with Crippen LogP contribution in [-0.2, 0) is 18.0 Å². The molecule has 184 valence electrons.